The summed E-state index contributed by atoms with van der Waals surface area (Å²) >= 11 is 1.77. The molecule has 0 aliphatic carbocycles. The molecule has 0 aliphatic rings. The molecule has 0 fully saturated rings. The summed E-state index contributed by atoms with van der Waals surface area (Å²) in [6.45, 7) is 0.636. The first-order chi connectivity index (χ1) is 12.4. The number of benzene rings is 2. The van der Waals surface area contributed by atoms with Crippen molar-refractivity contribution in [3.05, 3.63) is 94.5 Å². The van der Waals surface area contributed by atoms with Crippen molar-refractivity contribution < 1.29 is 9.73 Å². The van der Waals surface area contributed by atoms with E-state index in [0.717, 1.165) is 5.56 Å². The van der Waals surface area contributed by atoms with Gasteiger partial charge in [0.05, 0.1) is 4.88 Å². The fourth-order valence-corrected chi connectivity index (χ4v) is 3.65. The topological polar surface area (TPSA) is 55.5 Å². The third kappa shape index (κ3) is 3.68. The first kappa shape index (κ1) is 15.7. The van der Waals surface area contributed by atoms with Crippen molar-refractivity contribution in [2.75, 3.05) is 0 Å². The summed E-state index contributed by atoms with van der Waals surface area (Å²) in [5.74, 6) is 1.20. The fourth-order valence-electron chi connectivity index (χ4n) is 2.80. The van der Waals surface area contributed by atoms with Crippen LogP contribution in [0.15, 0.2) is 82.6 Å². The molecule has 0 amide bonds. The second-order valence-corrected chi connectivity index (χ2v) is 6.69. The van der Waals surface area contributed by atoms with Crippen LogP contribution >= 0.6 is 11.3 Å². The fraction of sp³-hybridized carbons (Fsp3) is 0.100. The standard InChI is InChI=1S/C20H17N3OS/c1-3-8-15(9-4-1)19(17-12-7-13-25-17)21-14-18-22-23-20(24-18)16-10-5-2-6-11-16/h1-13,19,21H,14H2/p+1/t19-/m0/s1. The largest absolute Gasteiger partial charge is 0.415 e. The molecule has 4 nitrogen and oxygen atoms in total. The number of quaternary nitrogens is 1. The molecule has 2 heterocycles. The van der Waals surface area contributed by atoms with E-state index in [1.54, 1.807) is 11.3 Å². The summed E-state index contributed by atoms with van der Waals surface area (Å²) in [5.41, 5.74) is 2.21. The van der Waals surface area contributed by atoms with Crippen LogP contribution in [0.5, 0.6) is 0 Å². The van der Waals surface area contributed by atoms with Crippen LogP contribution in [-0.2, 0) is 6.54 Å². The van der Waals surface area contributed by atoms with Gasteiger partial charge in [0.15, 0.2) is 6.54 Å². The van der Waals surface area contributed by atoms with Crippen LogP contribution in [-0.4, -0.2) is 10.2 Å². The van der Waals surface area contributed by atoms with Crippen LogP contribution in [0.4, 0.5) is 0 Å². The van der Waals surface area contributed by atoms with Gasteiger partial charge in [0, 0.05) is 11.1 Å². The molecule has 2 aromatic carbocycles. The Labute approximate surface area is 150 Å². The molecule has 124 valence electrons. The van der Waals surface area contributed by atoms with Gasteiger partial charge in [0.1, 0.15) is 6.04 Å². The van der Waals surface area contributed by atoms with E-state index in [9.17, 15) is 0 Å². The quantitative estimate of drug-likeness (QED) is 0.579. The second kappa shape index (κ2) is 7.42. The van der Waals surface area contributed by atoms with Gasteiger partial charge in [-0.3, -0.25) is 0 Å². The third-order valence-electron chi connectivity index (χ3n) is 4.02. The number of hydrogen-bond acceptors (Lipinski definition) is 4. The zero-order chi connectivity index (χ0) is 16.9. The summed E-state index contributed by atoms with van der Waals surface area (Å²) in [5, 5.41) is 12.7. The summed E-state index contributed by atoms with van der Waals surface area (Å²) < 4.78 is 5.82. The van der Waals surface area contributed by atoms with Gasteiger partial charge >= 0.3 is 0 Å². The van der Waals surface area contributed by atoms with E-state index in [2.05, 4.69) is 57.3 Å². The van der Waals surface area contributed by atoms with E-state index in [1.807, 2.05) is 36.4 Å². The molecular formula is C20H18N3OS+. The molecule has 0 saturated carbocycles. The van der Waals surface area contributed by atoms with Crippen molar-refractivity contribution in [3.8, 4) is 11.5 Å². The smallest absolute Gasteiger partial charge is 0.271 e. The van der Waals surface area contributed by atoms with Crippen molar-refractivity contribution in [1.29, 1.82) is 0 Å². The van der Waals surface area contributed by atoms with Gasteiger partial charge in [0.2, 0.25) is 5.89 Å². The minimum Gasteiger partial charge on any atom is -0.415 e. The number of rotatable bonds is 6. The van der Waals surface area contributed by atoms with E-state index in [0.29, 0.717) is 18.3 Å². The van der Waals surface area contributed by atoms with E-state index >= 15 is 0 Å². The molecule has 0 unspecified atom stereocenters. The molecule has 0 saturated heterocycles. The number of hydrogen-bond donors (Lipinski definition) is 1. The minimum atomic E-state index is 0.230. The molecule has 1 atom stereocenters. The van der Waals surface area contributed by atoms with Gasteiger partial charge in [-0.05, 0) is 23.6 Å². The highest BCUT2D eigenvalue weighted by atomic mass is 32.1. The SMILES string of the molecule is c1ccc(-c2nnc(C[NH2+][C@@H](c3ccccc3)c3cccs3)o2)cc1. The molecule has 0 radical (unpaired) electrons. The number of thiophene rings is 1. The maximum atomic E-state index is 5.82. The first-order valence-electron chi connectivity index (χ1n) is 8.19. The minimum absolute atomic E-state index is 0.230. The second-order valence-electron chi connectivity index (χ2n) is 5.71. The molecular weight excluding hydrogens is 330 g/mol. The Hall–Kier alpha value is -2.76. The zero-order valence-electron chi connectivity index (χ0n) is 13.6. The van der Waals surface area contributed by atoms with Gasteiger partial charge in [0.25, 0.3) is 5.89 Å². The number of aromatic nitrogens is 2. The molecule has 5 heteroatoms. The molecule has 4 rings (SSSR count). The van der Waals surface area contributed by atoms with Crippen molar-refractivity contribution in [3.63, 3.8) is 0 Å². The Bertz CT molecular complexity index is 905. The lowest BCUT2D eigenvalue weighted by Crippen LogP contribution is -2.83. The van der Waals surface area contributed by atoms with Gasteiger partial charge in [-0.2, -0.15) is 0 Å². The summed E-state index contributed by atoms with van der Waals surface area (Å²) in [4.78, 5) is 1.31. The van der Waals surface area contributed by atoms with Gasteiger partial charge in [-0.15, -0.1) is 21.5 Å². The van der Waals surface area contributed by atoms with Crippen molar-refractivity contribution in [2.24, 2.45) is 0 Å². The molecule has 0 spiro atoms. The summed E-state index contributed by atoms with van der Waals surface area (Å²) in [7, 11) is 0. The van der Waals surface area contributed by atoms with E-state index in [-0.39, 0.29) is 6.04 Å². The Morgan fingerprint density at radius 1 is 0.880 bits per heavy atom. The molecule has 4 aromatic rings. The monoisotopic (exact) mass is 348 g/mol. The Morgan fingerprint density at radius 2 is 1.64 bits per heavy atom. The lowest BCUT2D eigenvalue weighted by molar-refractivity contribution is -0.703. The van der Waals surface area contributed by atoms with Crippen LogP contribution < -0.4 is 5.32 Å². The van der Waals surface area contributed by atoms with Crippen LogP contribution in [0.3, 0.4) is 0 Å². The Kier molecular flexibility index (Phi) is 4.68. The third-order valence-corrected chi connectivity index (χ3v) is 4.98. The van der Waals surface area contributed by atoms with E-state index in [1.165, 1.54) is 10.4 Å². The molecule has 0 aliphatic heterocycles. The molecule has 2 N–H and O–H groups in total. The Morgan fingerprint density at radius 3 is 2.36 bits per heavy atom. The average Bonchev–Trinajstić information content (AvgIpc) is 3.36. The lowest BCUT2D eigenvalue weighted by atomic mass is 10.1. The predicted octanol–water partition coefficient (Wildman–Crippen LogP) is 3.65. The van der Waals surface area contributed by atoms with Gasteiger partial charge in [-0.25, -0.2) is 0 Å². The lowest BCUT2D eigenvalue weighted by Gasteiger charge is -2.13. The van der Waals surface area contributed by atoms with Crippen molar-refractivity contribution in [1.82, 2.24) is 10.2 Å². The van der Waals surface area contributed by atoms with Gasteiger partial charge in [-0.1, -0.05) is 54.6 Å². The van der Waals surface area contributed by atoms with Gasteiger partial charge < -0.3 is 9.73 Å². The predicted molar refractivity (Wildman–Crippen MR) is 98.0 cm³/mol. The molecule has 0 bridgehead atoms. The van der Waals surface area contributed by atoms with E-state index in [4.69, 9.17) is 4.42 Å². The highest BCUT2D eigenvalue weighted by Crippen LogP contribution is 2.23. The molecule has 25 heavy (non-hydrogen) atoms. The average molecular weight is 348 g/mol. The Balaban J connectivity index is 1.51. The zero-order valence-corrected chi connectivity index (χ0v) is 14.4. The van der Waals surface area contributed by atoms with Crippen LogP contribution in [0.25, 0.3) is 11.5 Å². The maximum absolute atomic E-state index is 5.82. The normalized spacial score (nSPS) is 12.2. The highest BCUT2D eigenvalue weighted by molar-refractivity contribution is 7.10. The molecule has 2 aromatic heterocycles. The van der Waals surface area contributed by atoms with Crippen LogP contribution in [0, 0.1) is 0 Å². The summed E-state index contributed by atoms with van der Waals surface area (Å²) in [6.07, 6.45) is 0. The van der Waals surface area contributed by atoms with Crippen molar-refractivity contribution >= 4 is 11.3 Å². The highest BCUT2D eigenvalue weighted by Gasteiger charge is 2.20. The maximum Gasteiger partial charge on any atom is 0.271 e. The van der Waals surface area contributed by atoms with Crippen molar-refractivity contribution in [2.45, 2.75) is 12.6 Å². The van der Waals surface area contributed by atoms with Crippen LogP contribution in [0.1, 0.15) is 22.4 Å². The van der Waals surface area contributed by atoms with Crippen LogP contribution in [0.2, 0.25) is 0 Å². The first-order valence-corrected chi connectivity index (χ1v) is 9.07. The number of nitrogens with zero attached hydrogens (tertiary/aromatic N) is 2. The number of nitrogens with two attached hydrogens (primary N) is 1. The summed E-state index contributed by atoms with van der Waals surface area (Å²) in [6, 6.07) is 24.8. The van der Waals surface area contributed by atoms with E-state index < -0.39 is 0 Å².